The predicted octanol–water partition coefficient (Wildman–Crippen LogP) is 3.76. The first kappa shape index (κ1) is 40.2. The molecule has 0 aliphatic carbocycles. The van der Waals surface area contributed by atoms with Crippen molar-refractivity contribution in [3.8, 4) is 17.2 Å². The van der Waals surface area contributed by atoms with E-state index >= 15 is 8.78 Å². The number of hydrogen-bond acceptors (Lipinski definition) is 12. The summed E-state index contributed by atoms with van der Waals surface area (Å²) in [5, 5.41) is 4.89. The molecule has 2 aromatic carbocycles. The molecule has 0 spiro atoms. The highest BCUT2D eigenvalue weighted by molar-refractivity contribution is 6.03. The van der Waals surface area contributed by atoms with Gasteiger partial charge in [-0.15, -0.1) is 0 Å². The molecule has 4 aliphatic heterocycles. The van der Waals surface area contributed by atoms with Gasteiger partial charge in [-0.3, -0.25) is 38.6 Å². The second-order valence-electron chi connectivity index (χ2n) is 16.4. The molecule has 4 N–H and O–H groups in total. The molecule has 0 bridgehead atoms. The van der Waals surface area contributed by atoms with E-state index in [-0.39, 0.29) is 47.8 Å². The molecule has 16 nitrogen and oxygen atoms in total. The molecule has 318 valence electrons. The molecule has 4 fully saturated rings. The number of anilines is 2. The number of carbonyl (C=O) groups is 3. The van der Waals surface area contributed by atoms with Gasteiger partial charge in [-0.05, 0) is 106 Å². The summed E-state index contributed by atoms with van der Waals surface area (Å²) in [6.07, 6.45) is 6.20. The lowest BCUT2D eigenvalue weighted by Crippen LogP contribution is -2.61. The van der Waals surface area contributed by atoms with Crippen molar-refractivity contribution in [2.75, 3.05) is 56.4 Å². The Labute approximate surface area is 349 Å². The molecule has 0 saturated carbocycles. The monoisotopic (exact) mass is 835 g/mol. The van der Waals surface area contributed by atoms with Crippen LogP contribution in [0.1, 0.15) is 55.1 Å². The van der Waals surface area contributed by atoms with Crippen LogP contribution in [-0.2, 0) is 9.59 Å². The first-order valence-electron chi connectivity index (χ1n) is 20.8. The van der Waals surface area contributed by atoms with Gasteiger partial charge in [0.2, 0.25) is 11.8 Å². The minimum absolute atomic E-state index is 0.0209. The van der Waals surface area contributed by atoms with E-state index in [9.17, 15) is 19.2 Å². The number of likely N-dealkylation sites (tertiary alicyclic amines) is 2. The Balaban J connectivity index is 0.758. The number of nitrogens with two attached hydrogens (primary N) is 1. The highest BCUT2D eigenvalue weighted by atomic mass is 19.3. The van der Waals surface area contributed by atoms with Crippen LogP contribution in [0, 0.1) is 5.92 Å². The number of nitrogens with one attached hydrogen (secondary N) is 2. The van der Waals surface area contributed by atoms with Crippen LogP contribution >= 0.6 is 0 Å². The zero-order chi connectivity index (χ0) is 42.3. The lowest BCUT2D eigenvalue weighted by molar-refractivity contribution is -0.134. The van der Waals surface area contributed by atoms with Crippen LogP contribution in [0.2, 0.25) is 0 Å². The smallest absolute Gasteiger partial charge is 0.335 e. The molecule has 0 radical (unpaired) electrons. The number of nitrogen functional groups attached to an aromatic ring is 1. The fourth-order valence-electron chi connectivity index (χ4n) is 9.02. The van der Waals surface area contributed by atoms with Crippen LogP contribution in [0.25, 0.3) is 16.9 Å². The molecule has 4 saturated heterocycles. The van der Waals surface area contributed by atoms with Crippen LogP contribution in [0.4, 0.5) is 20.3 Å². The Kier molecular flexibility index (Phi) is 11.0. The maximum Gasteiger partial charge on any atom is 0.335 e. The summed E-state index contributed by atoms with van der Waals surface area (Å²) in [7, 11) is 0. The van der Waals surface area contributed by atoms with Gasteiger partial charge in [0.1, 0.15) is 41.1 Å². The van der Waals surface area contributed by atoms with Gasteiger partial charge in [0.05, 0.1) is 24.1 Å². The molecule has 61 heavy (non-hydrogen) atoms. The van der Waals surface area contributed by atoms with E-state index < -0.39 is 42.1 Å². The Morgan fingerprint density at radius 1 is 0.885 bits per heavy atom. The Hall–Kier alpha value is -6.27. The molecule has 1 unspecified atom stereocenters. The fraction of sp³-hybridized carbons (Fsp3) is 0.419. The number of para-hydroxylation sites is 1. The van der Waals surface area contributed by atoms with Crippen LogP contribution in [0.5, 0.6) is 11.5 Å². The third-order valence-electron chi connectivity index (χ3n) is 12.5. The SMILES string of the molecule is Nc1ncnc2c1n(-c1ccc(Oc3ccccc3)cc1)c(=O)n2[C@@H]1CCN(CCC2CCN(C3CN(c4ccc(C(=O)NC5CCC(=O)NC5=O)nc4)C3)CC2)CC1(F)F. The predicted molar refractivity (Wildman–Crippen MR) is 222 cm³/mol. The third-order valence-corrected chi connectivity index (χ3v) is 12.5. The second kappa shape index (κ2) is 16.6. The van der Waals surface area contributed by atoms with Crippen LogP contribution < -0.4 is 31.7 Å². The number of halogens is 2. The largest absolute Gasteiger partial charge is 0.457 e. The van der Waals surface area contributed by atoms with E-state index in [0.29, 0.717) is 42.2 Å². The first-order valence-corrected chi connectivity index (χ1v) is 20.8. The summed E-state index contributed by atoms with van der Waals surface area (Å²) < 4.78 is 40.7. The van der Waals surface area contributed by atoms with Crippen molar-refractivity contribution in [3.05, 3.63) is 95.4 Å². The van der Waals surface area contributed by atoms with Crippen molar-refractivity contribution in [3.63, 3.8) is 0 Å². The topological polar surface area (TPSA) is 186 Å². The number of rotatable bonds is 11. The highest BCUT2D eigenvalue weighted by Gasteiger charge is 2.48. The standard InChI is InChI=1S/C43H47F2N11O5/c44-43(45)25-52(19-17-35(43)56-39-37(38(46)48-26-49-39)55(42(56)60)28-6-9-32(10-7-28)61-31-4-2-1-3-5-31)18-14-27-15-20-53(21-16-27)30-23-54(24-30)29-8-11-33(47-22-29)40(58)50-34-12-13-36(57)51-41(34)59/h1-11,22,26-27,30,34-35H,12-21,23-25H2,(H,50,58)(H2,46,48,49)(H,51,57,59)/t34?,35-/m1/s1. The van der Waals surface area contributed by atoms with E-state index in [0.717, 1.165) is 55.7 Å². The number of aromatic nitrogens is 5. The average Bonchev–Trinajstić information content (AvgIpc) is 3.53. The van der Waals surface area contributed by atoms with Gasteiger partial charge in [-0.25, -0.2) is 28.5 Å². The zero-order valence-electron chi connectivity index (χ0n) is 33.5. The molecule has 18 heteroatoms. The number of ether oxygens (including phenoxy) is 1. The third kappa shape index (κ3) is 8.29. The summed E-state index contributed by atoms with van der Waals surface area (Å²) >= 11 is 0. The normalized spacial score (nSPS) is 21.6. The number of fused-ring (bicyclic) bond motifs is 1. The van der Waals surface area contributed by atoms with E-state index in [1.54, 1.807) is 36.5 Å². The van der Waals surface area contributed by atoms with Crippen LogP contribution in [0.15, 0.2) is 84.0 Å². The highest BCUT2D eigenvalue weighted by Crippen LogP contribution is 2.39. The molecule has 2 atom stereocenters. The van der Waals surface area contributed by atoms with Crippen molar-refractivity contribution in [1.29, 1.82) is 0 Å². The molecular weight excluding hydrogens is 789 g/mol. The number of alkyl halides is 2. The zero-order valence-corrected chi connectivity index (χ0v) is 33.5. The molecule has 3 amide bonds. The van der Waals surface area contributed by atoms with Crippen molar-refractivity contribution in [2.45, 2.75) is 62.6 Å². The van der Waals surface area contributed by atoms with Gasteiger partial charge in [-0.1, -0.05) is 18.2 Å². The molecule has 9 rings (SSSR count). The van der Waals surface area contributed by atoms with Crippen molar-refractivity contribution >= 4 is 40.4 Å². The molecule has 5 aromatic rings. The summed E-state index contributed by atoms with van der Waals surface area (Å²) in [6.45, 7) is 4.09. The number of benzene rings is 2. The summed E-state index contributed by atoms with van der Waals surface area (Å²) in [4.78, 5) is 69.4. The summed E-state index contributed by atoms with van der Waals surface area (Å²) in [6, 6.07) is 17.8. The van der Waals surface area contributed by atoms with E-state index in [2.05, 4.69) is 35.4 Å². The quantitative estimate of drug-likeness (QED) is 0.164. The van der Waals surface area contributed by atoms with Crippen molar-refractivity contribution in [2.24, 2.45) is 5.92 Å². The molecule has 4 aliphatic rings. The van der Waals surface area contributed by atoms with Gasteiger partial charge < -0.3 is 20.7 Å². The maximum absolute atomic E-state index is 16.2. The second-order valence-corrected chi connectivity index (χ2v) is 16.4. The maximum atomic E-state index is 16.2. The van der Waals surface area contributed by atoms with Crippen LogP contribution in [-0.4, -0.2) is 115 Å². The molecular formula is C43H47F2N11O5. The number of nitrogens with zero attached hydrogens (tertiary/aromatic N) is 8. The lowest BCUT2D eigenvalue weighted by atomic mass is 9.91. The number of hydrogen-bond donors (Lipinski definition) is 3. The fourth-order valence-corrected chi connectivity index (χ4v) is 9.02. The van der Waals surface area contributed by atoms with Crippen molar-refractivity contribution in [1.82, 2.24) is 44.5 Å². The Morgan fingerprint density at radius 2 is 1.62 bits per heavy atom. The summed E-state index contributed by atoms with van der Waals surface area (Å²) in [5.74, 6) is -2.86. The van der Waals surface area contributed by atoms with Gasteiger partial charge in [0, 0.05) is 32.1 Å². The van der Waals surface area contributed by atoms with E-state index in [1.807, 2.05) is 41.3 Å². The van der Waals surface area contributed by atoms with Gasteiger partial charge in [0.15, 0.2) is 11.5 Å². The van der Waals surface area contributed by atoms with Crippen molar-refractivity contribution < 1.29 is 27.9 Å². The Bertz CT molecular complexity index is 2470. The van der Waals surface area contributed by atoms with Crippen LogP contribution in [0.3, 0.4) is 0 Å². The minimum atomic E-state index is -3.20. The lowest BCUT2D eigenvalue weighted by Gasteiger charge is -2.48. The number of pyridine rings is 1. The van der Waals surface area contributed by atoms with E-state index in [4.69, 9.17) is 10.5 Å². The minimum Gasteiger partial charge on any atom is -0.457 e. The molecule has 7 heterocycles. The number of carbonyl (C=O) groups excluding carboxylic acids is 3. The number of imidazole rings is 1. The first-order chi connectivity index (χ1) is 29.5. The average molecular weight is 836 g/mol. The number of amides is 3. The number of imide groups is 1. The van der Waals surface area contributed by atoms with Gasteiger partial charge in [-0.2, -0.15) is 0 Å². The van der Waals surface area contributed by atoms with Gasteiger partial charge >= 0.3 is 5.69 Å². The molecule has 3 aromatic heterocycles. The van der Waals surface area contributed by atoms with E-state index in [1.165, 1.54) is 10.9 Å². The van der Waals surface area contributed by atoms with Gasteiger partial charge in [0.25, 0.3) is 11.8 Å². The number of piperidine rings is 3. The Morgan fingerprint density at radius 3 is 2.33 bits per heavy atom. The summed E-state index contributed by atoms with van der Waals surface area (Å²) in [5.41, 5.74) is 7.42.